The number of carbonyl (C=O) groups excluding carboxylic acids is 3. The van der Waals surface area contributed by atoms with Crippen molar-refractivity contribution in [1.29, 1.82) is 0 Å². The first-order valence-electron chi connectivity index (χ1n) is 9.87. The molecule has 0 saturated heterocycles. The second-order valence-electron chi connectivity index (χ2n) is 6.60. The van der Waals surface area contributed by atoms with Crippen LogP contribution in [-0.4, -0.2) is 54.6 Å². The number of aromatic nitrogens is 2. The molecule has 0 aliphatic heterocycles. The van der Waals surface area contributed by atoms with Crippen LogP contribution < -0.4 is 20.5 Å². The Morgan fingerprint density at radius 1 is 1.12 bits per heavy atom. The summed E-state index contributed by atoms with van der Waals surface area (Å²) in [6.45, 7) is 3.16. The van der Waals surface area contributed by atoms with Crippen molar-refractivity contribution in [3.05, 3.63) is 35.1 Å². The van der Waals surface area contributed by atoms with E-state index >= 15 is 0 Å². The van der Waals surface area contributed by atoms with Crippen molar-refractivity contribution in [3.8, 4) is 23.0 Å². The van der Waals surface area contributed by atoms with Gasteiger partial charge in [0.25, 0.3) is 17.0 Å². The van der Waals surface area contributed by atoms with Gasteiger partial charge in [-0.15, -0.1) is 10.2 Å². The first-order valence-corrected chi connectivity index (χ1v) is 10.9. The fraction of sp³-hybridized carbons (Fsp3) is 0.286. The molecule has 34 heavy (non-hydrogen) atoms. The van der Waals surface area contributed by atoms with Gasteiger partial charge in [0.1, 0.15) is 28.4 Å². The minimum atomic E-state index is -0.946. The molecule has 12 nitrogen and oxygen atoms in total. The van der Waals surface area contributed by atoms with Crippen molar-refractivity contribution >= 4 is 35.4 Å². The van der Waals surface area contributed by atoms with E-state index in [1.165, 1.54) is 21.1 Å². The second-order valence-corrected chi connectivity index (χ2v) is 7.52. The molecule has 0 aliphatic rings. The van der Waals surface area contributed by atoms with Gasteiger partial charge in [-0.05, 0) is 26.0 Å². The van der Waals surface area contributed by atoms with Gasteiger partial charge in [-0.25, -0.2) is 4.79 Å². The lowest BCUT2D eigenvalue weighted by molar-refractivity contribution is -0.113. The second kappa shape index (κ2) is 10.7. The summed E-state index contributed by atoms with van der Waals surface area (Å²) in [7, 11) is 3.04. The van der Waals surface area contributed by atoms with Crippen molar-refractivity contribution in [2.45, 2.75) is 19.1 Å². The molecule has 0 spiro atoms. The quantitative estimate of drug-likeness (QED) is 0.316. The standard InChI is InChI=1S/C21H22N4O8S/c1-5-31-20(28)15-10(2)32-19(16(15)17(22)27)23-14(26)9-34-21-25-24-18(33-21)12-7-6-11(29-3)8-13(12)30-4/h6-8H,5,9H2,1-4H3,(H2,22,27)(H,23,26). The highest BCUT2D eigenvalue weighted by Crippen LogP contribution is 2.34. The zero-order valence-corrected chi connectivity index (χ0v) is 19.6. The van der Waals surface area contributed by atoms with Crippen molar-refractivity contribution in [3.63, 3.8) is 0 Å². The molecular formula is C21H22N4O8S. The van der Waals surface area contributed by atoms with Gasteiger partial charge in [0.2, 0.25) is 11.8 Å². The zero-order valence-electron chi connectivity index (χ0n) is 18.8. The predicted octanol–water partition coefficient (Wildman–Crippen LogP) is 2.66. The number of aryl methyl sites for hydroxylation is 1. The molecule has 13 heteroatoms. The van der Waals surface area contributed by atoms with Crippen LogP contribution in [0.5, 0.6) is 11.5 Å². The number of esters is 1. The average Bonchev–Trinajstić information content (AvgIpc) is 3.41. The van der Waals surface area contributed by atoms with Crippen LogP contribution in [0.2, 0.25) is 0 Å². The molecule has 0 fully saturated rings. The van der Waals surface area contributed by atoms with Crippen molar-refractivity contribution in [2.24, 2.45) is 5.73 Å². The lowest BCUT2D eigenvalue weighted by Crippen LogP contribution is -2.21. The van der Waals surface area contributed by atoms with Crippen LogP contribution >= 0.6 is 11.8 Å². The molecule has 180 valence electrons. The minimum absolute atomic E-state index is 0.0881. The van der Waals surface area contributed by atoms with Crippen LogP contribution in [0.4, 0.5) is 5.88 Å². The number of benzene rings is 1. The molecule has 0 bridgehead atoms. The van der Waals surface area contributed by atoms with Gasteiger partial charge in [-0.1, -0.05) is 11.8 Å². The van der Waals surface area contributed by atoms with Crippen molar-refractivity contribution in [2.75, 3.05) is 31.9 Å². The van der Waals surface area contributed by atoms with Gasteiger partial charge < -0.3 is 28.8 Å². The summed E-state index contributed by atoms with van der Waals surface area (Å²) >= 11 is 0.957. The summed E-state index contributed by atoms with van der Waals surface area (Å²) < 4.78 is 26.4. The summed E-state index contributed by atoms with van der Waals surface area (Å²) in [5.41, 5.74) is 5.55. The molecule has 3 N–H and O–H groups in total. The molecule has 0 radical (unpaired) electrons. The molecule has 1 aromatic carbocycles. The summed E-state index contributed by atoms with van der Waals surface area (Å²) in [5.74, 6) is -1.33. The molecule has 0 saturated carbocycles. The number of amides is 2. The SMILES string of the molecule is CCOC(=O)c1c(C)oc(NC(=O)CSc2nnc(-c3ccc(OC)cc3OC)o2)c1C(N)=O. The van der Waals surface area contributed by atoms with E-state index in [0.717, 1.165) is 11.8 Å². The smallest absolute Gasteiger partial charge is 0.342 e. The van der Waals surface area contributed by atoms with Crippen LogP contribution in [0.1, 0.15) is 33.4 Å². The topological polar surface area (TPSA) is 169 Å². The van der Waals surface area contributed by atoms with Crippen LogP contribution in [-0.2, 0) is 9.53 Å². The van der Waals surface area contributed by atoms with Crippen LogP contribution in [0.3, 0.4) is 0 Å². The van der Waals surface area contributed by atoms with E-state index in [2.05, 4.69) is 15.5 Å². The number of anilines is 1. The average molecular weight is 490 g/mol. The number of rotatable bonds is 10. The fourth-order valence-corrected chi connectivity index (χ4v) is 3.52. The Labute approximate surface area is 198 Å². The third-order valence-corrected chi connectivity index (χ3v) is 5.25. The van der Waals surface area contributed by atoms with E-state index in [1.54, 1.807) is 25.1 Å². The maximum atomic E-state index is 12.4. The van der Waals surface area contributed by atoms with E-state index in [4.69, 9.17) is 28.8 Å². The Balaban J connectivity index is 1.70. The number of nitrogens with zero attached hydrogens (tertiary/aromatic N) is 2. The zero-order chi connectivity index (χ0) is 24.8. The van der Waals surface area contributed by atoms with Gasteiger partial charge in [0.05, 0.1) is 32.1 Å². The molecule has 0 unspecified atom stereocenters. The first-order chi connectivity index (χ1) is 16.3. The summed E-state index contributed by atoms with van der Waals surface area (Å²) in [6, 6.07) is 5.10. The van der Waals surface area contributed by atoms with Gasteiger partial charge in [0, 0.05) is 6.07 Å². The van der Waals surface area contributed by atoms with E-state index in [0.29, 0.717) is 17.1 Å². The Kier molecular flexibility index (Phi) is 7.79. The highest BCUT2D eigenvalue weighted by molar-refractivity contribution is 7.99. The number of furan rings is 1. The molecule has 2 heterocycles. The minimum Gasteiger partial charge on any atom is -0.497 e. The third-order valence-electron chi connectivity index (χ3n) is 4.44. The maximum Gasteiger partial charge on any atom is 0.342 e. The lowest BCUT2D eigenvalue weighted by atomic mass is 10.1. The summed E-state index contributed by atoms with van der Waals surface area (Å²) in [6.07, 6.45) is 0. The van der Waals surface area contributed by atoms with Gasteiger partial charge in [-0.3, -0.25) is 14.9 Å². The number of ether oxygens (including phenoxy) is 3. The largest absolute Gasteiger partial charge is 0.497 e. The maximum absolute atomic E-state index is 12.4. The number of hydrogen-bond acceptors (Lipinski definition) is 11. The van der Waals surface area contributed by atoms with Crippen molar-refractivity contribution < 1.29 is 37.4 Å². The van der Waals surface area contributed by atoms with E-state index in [1.807, 2.05) is 0 Å². The molecule has 3 rings (SSSR count). The van der Waals surface area contributed by atoms with Crippen LogP contribution in [0.15, 0.2) is 32.3 Å². The Hall–Kier alpha value is -4.00. The van der Waals surface area contributed by atoms with Gasteiger partial charge >= 0.3 is 5.97 Å². The van der Waals surface area contributed by atoms with Gasteiger partial charge in [-0.2, -0.15) is 0 Å². The Bertz CT molecular complexity index is 1220. The Morgan fingerprint density at radius 2 is 1.88 bits per heavy atom. The van der Waals surface area contributed by atoms with E-state index in [9.17, 15) is 14.4 Å². The highest BCUT2D eigenvalue weighted by Gasteiger charge is 2.29. The first kappa shape index (κ1) is 24.6. The Morgan fingerprint density at radius 3 is 2.53 bits per heavy atom. The molecule has 0 atom stereocenters. The highest BCUT2D eigenvalue weighted by atomic mass is 32.2. The number of thioether (sulfide) groups is 1. The number of nitrogens with two attached hydrogens (primary N) is 1. The number of primary amides is 1. The third kappa shape index (κ3) is 5.31. The van der Waals surface area contributed by atoms with Gasteiger partial charge in [0.15, 0.2) is 0 Å². The molecule has 2 amide bonds. The summed E-state index contributed by atoms with van der Waals surface area (Å²) in [5, 5.41) is 10.5. The normalized spacial score (nSPS) is 10.6. The predicted molar refractivity (Wildman–Crippen MR) is 120 cm³/mol. The monoisotopic (exact) mass is 490 g/mol. The number of nitrogens with one attached hydrogen (secondary N) is 1. The number of methoxy groups -OCH3 is 2. The number of hydrogen-bond donors (Lipinski definition) is 2. The lowest BCUT2D eigenvalue weighted by Gasteiger charge is -2.07. The van der Waals surface area contributed by atoms with E-state index in [-0.39, 0.29) is 46.2 Å². The summed E-state index contributed by atoms with van der Waals surface area (Å²) in [4.78, 5) is 36.5. The van der Waals surface area contributed by atoms with E-state index < -0.39 is 17.8 Å². The molecule has 0 aliphatic carbocycles. The number of carbonyl (C=O) groups is 3. The molecular weight excluding hydrogens is 468 g/mol. The molecule has 3 aromatic rings. The fourth-order valence-electron chi connectivity index (χ4n) is 2.96. The van der Waals surface area contributed by atoms with Crippen molar-refractivity contribution in [1.82, 2.24) is 10.2 Å². The van der Waals surface area contributed by atoms with Crippen LogP contribution in [0.25, 0.3) is 11.5 Å². The molecule has 2 aromatic heterocycles. The van der Waals surface area contributed by atoms with Crippen LogP contribution in [0, 0.1) is 6.92 Å².